The van der Waals surface area contributed by atoms with Crippen molar-refractivity contribution in [2.45, 2.75) is 167 Å². The average molecular weight is 547 g/mol. The van der Waals surface area contributed by atoms with Crippen LogP contribution in [0.1, 0.15) is 142 Å². The number of carbonyl (C=O) groups excluding carboxylic acids is 2. The van der Waals surface area contributed by atoms with Crippen LogP contribution in [0.4, 0.5) is 0 Å². The van der Waals surface area contributed by atoms with Gasteiger partial charge in [-0.25, -0.2) is 9.59 Å². The molecule has 4 unspecified atom stereocenters. The van der Waals surface area contributed by atoms with Crippen molar-refractivity contribution in [3.63, 3.8) is 0 Å². The minimum absolute atomic E-state index is 0.0959. The first kappa shape index (κ1) is 36.8. The lowest BCUT2D eigenvalue weighted by atomic mass is 10.0. The third-order valence-corrected chi connectivity index (χ3v) is 6.96. The minimum Gasteiger partial charge on any atom is -0.464 e. The van der Waals surface area contributed by atoms with E-state index in [1.807, 2.05) is 0 Å². The molecular formula is C30H58O8. The van der Waals surface area contributed by atoms with E-state index in [1.54, 1.807) is 0 Å². The average Bonchev–Trinajstić information content (AvgIpc) is 2.92. The Labute approximate surface area is 231 Å². The molecule has 0 aliphatic carbocycles. The number of esters is 2. The van der Waals surface area contributed by atoms with Crippen LogP contribution in [-0.4, -0.2) is 70.0 Å². The molecule has 0 fully saturated rings. The van der Waals surface area contributed by atoms with E-state index in [0.29, 0.717) is 12.8 Å². The van der Waals surface area contributed by atoms with Crippen molar-refractivity contribution < 1.29 is 39.5 Å². The Balaban J connectivity index is 3.90. The van der Waals surface area contributed by atoms with E-state index in [-0.39, 0.29) is 13.2 Å². The summed E-state index contributed by atoms with van der Waals surface area (Å²) in [6, 6.07) is 0. The van der Waals surface area contributed by atoms with Gasteiger partial charge in [-0.1, -0.05) is 129 Å². The Hall–Kier alpha value is -1.22. The van der Waals surface area contributed by atoms with E-state index in [2.05, 4.69) is 13.8 Å². The molecule has 0 aromatic carbocycles. The summed E-state index contributed by atoms with van der Waals surface area (Å²) in [5.41, 5.74) is 0. The number of hydrogen-bond acceptors (Lipinski definition) is 8. The lowest BCUT2D eigenvalue weighted by molar-refractivity contribution is -0.179. The highest BCUT2D eigenvalue weighted by Gasteiger charge is 2.38. The Morgan fingerprint density at radius 3 is 0.947 bits per heavy atom. The van der Waals surface area contributed by atoms with Gasteiger partial charge in [-0.15, -0.1) is 0 Å². The van der Waals surface area contributed by atoms with E-state index in [4.69, 9.17) is 9.47 Å². The molecular weight excluding hydrogens is 488 g/mol. The summed E-state index contributed by atoms with van der Waals surface area (Å²) >= 11 is 0. The number of rotatable bonds is 27. The van der Waals surface area contributed by atoms with Gasteiger partial charge in [0.05, 0.1) is 13.2 Å². The van der Waals surface area contributed by atoms with Crippen LogP contribution in [0.25, 0.3) is 0 Å². The van der Waals surface area contributed by atoms with Crippen LogP contribution >= 0.6 is 0 Å². The minimum atomic E-state index is -2.07. The molecule has 4 atom stereocenters. The molecule has 4 N–H and O–H groups in total. The number of carbonyl (C=O) groups is 2. The molecule has 0 aliphatic heterocycles. The molecule has 8 nitrogen and oxygen atoms in total. The predicted octanol–water partition coefficient (Wildman–Crippen LogP) is 5.36. The third kappa shape index (κ3) is 19.8. The van der Waals surface area contributed by atoms with Crippen LogP contribution < -0.4 is 0 Å². The number of aliphatic hydroxyl groups excluding tert-OH is 4. The Morgan fingerprint density at radius 2 is 0.684 bits per heavy atom. The summed E-state index contributed by atoms with van der Waals surface area (Å²) < 4.78 is 9.95. The molecule has 38 heavy (non-hydrogen) atoms. The van der Waals surface area contributed by atoms with Crippen molar-refractivity contribution in [2.75, 3.05) is 13.2 Å². The second-order valence-corrected chi connectivity index (χ2v) is 10.6. The molecule has 0 spiro atoms. The van der Waals surface area contributed by atoms with E-state index < -0.39 is 36.4 Å². The van der Waals surface area contributed by atoms with Crippen LogP contribution in [0.2, 0.25) is 0 Å². The monoisotopic (exact) mass is 546 g/mol. The molecule has 226 valence electrons. The second-order valence-electron chi connectivity index (χ2n) is 10.6. The molecule has 0 radical (unpaired) electrons. The molecule has 0 saturated heterocycles. The molecule has 8 heteroatoms. The van der Waals surface area contributed by atoms with Crippen molar-refractivity contribution in [1.82, 2.24) is 0 Å². The van der Waals surface area contributed by atoms with Gasteiger partial charge in [0.25, 0.3) is 0 Å². The lowest BCUT2D eigenvalue weighted by Gasteiger charge is -2.24. The Kier molecular flexibility index (Phi) is 25.2. The molecule has 0 amide bonds. The maximum atomic E-state index is 12.0. The van der Waals surface area contributed by atoms with Gasteiger partial charge >= 0.3 is 11.9 Å². The highest BCUT2D eigenvalue weighted by Crippen LogP contribution is 2.13. The fourth-order valence-electron chi connectivity index (χ4n) is 4.35. The molecule has 0 rings (SSSR count). The van der Waals surface area contributed by atoms with E-state index in [1.165, 1.54) is 77.0 Å². The maximum Gasteiger partial charge on any atom is 0.337 e. The second kappa shape index (κ2) is 26.0. The highest BCUT2D eigenvalue weighted by molar-refractivity contribution is 5.77. The summed E-state index contributed by atoms with van der Waals surface area (Å²) in [5.74, 6) is -2.20. The van der Waals surface area contributed by atoms with Gasteiger partial charge in [0.15, 0.2) is 12.2 Å². The summed E-state index contributed by atoms with van der Waals surface area (Å²) in [5, 5.41) is 40.0. The van der Waals surface area contributed by atoms with Gasteiger partial charge in [0.2, 0.25) is 0 Å². The van der Waals surface area contributed by atoms with Gasteiger partial charge in [0.1, 0.15) is 12.2 Å². The zero-order valence-corrected chi connectivity index (χ0v) is 24.3. The first-order chi connectivity index (χ1) is 18.4. The van der Waals surface area contributed by atoms with E-state index in [9.17, 15) is 30.0 Å². The van der Waals surface area contributed by atoms with Crippen LogP contribution in [-0.2, 0) is 19.1 Å². The summed E-state index contributed by atoms with van der Waals surface area (Å²) in [6.07, 6.45) is 14.3. The smallest absolute Gasteiger partial charge is 0.337 e. The number of unbranched alkanes of at least 4 members (excludes halogenated alkanes) is 18. The lowest BCUT2D eigenvalue weighted by Crippen LogP contribution is -2.50. The normalized spacial score (nSPS) is 14.6. The molecule has 0 heterocycles. The largest absolute Gasteiger partial charge is 0.464 e. The fraction of sp³-hybridized carbons (Fsp3) is 0.933. The zero-order chi connectivity index (χ0) is 28.4. The van der Waals surface area contributed by atoms with Crippen LogP contribution in [0, 0.1) is 0 Å². The van der Waals surface area contributed by atoms with Crippen LogP contribution in [0.3, 0.4) is 0 Å². The van der Waals surface area contributed by atoms with Crippen molar-refractivity contribution >= 4 is 11.9 Å². The number of aliphatic hydroxyl groups is 4. The van der Waals surface area contributed by atoms with E-state index in [0.717, 1.165) is 38.5 Å². The number of hydrogen-bond donors (Lipinski definition) is 4. The SMILES string of the molecule is CCCCCCCCCCCCOC(=O)C(O)C(O)C(O)C(O)C(=O)OCCCCCCCCCCCC. The quantitative estimate of drug-likeness (QED) is 0.0799. The predicted molar refractivity (Wildman–Crippen MR) is 150 cm³/mol. The van der Waals surface area contributed by atoms with Gasteiger partial charge in [-0.05, 0) is 12.8 Å². The van der Waals surface area contributed by atoms with Gasteiger partial charge in [0, 0.05) is 0 Å². The van der Waals surface area contributed by atoms with Gasteiger partial charge in [-0.3, -0.25) is 0 Å². The third-order valence-electron chi connectivity index (χ3n) is 6.96. The van der Waals surface area contributed by atoms with Crippen LogP contribution in [0.5, 0.6) is 0 Å². The van der Waals surface area contributed by atoms with Crippen molar-refractivity contribution in [3.05, 3.63) is 0 Å². The topological polar surface area (TPSA) is 134 Å². The van der Waals surface area contributed by atoms with Gasteiger partial charge in [-0.2, -0.15) is 0 Å². The highest BCUT2D eigenvalue weighted by atomic mass is 16.6. The van der Waals surface area contributed by atoms with Crippen molar-refractivity contribution in [3.8, 4) is 0 Å². The molecule has 0 aliphatic rings. The first-order valence-corrected chi connectivity index (χ1v) is 15.4. The summed E-state index contributed by atoms with van der Waals surface area (Å²) in [7, 11) is 0. The Morgan fingerprint density at radius 1 is 0.447 bits per heavy atom. The van der Waals surface area contributed by atoms with Gasteiger partial charge < -0.3 is 29.9 Å². The maximum absolute atomic E-state index is 12.0. The van der Waals surface area contributed by atoms with E-state index >= 15 is 0 Å². The number of ether oxygens (including phenoxy) is 2. The standard InChI is InChI=1S/C30H58O8/c1-3-5-7-9-11-13-15-17-19-21-23-37-29(35)27(33)25(31)26(32)28(34)30(36)38-24-22-20-18-16-14-12-10-8-6-4-2/h25-28,31-34H,3-24H2,1-2H3. The summed E-state index contributed by atoms with van der Waals surface area (Å²) in [4.78, 5) is 24.0. The van der Waals surface area contributed by atoms with Crippen molar-refractivity contribution in [1.29, 1.82) is 0 Å². The fourth-order valence-corrected chi connectivity index (χ4v) is 4.35. The molecule has 0 aromatic heterocycles. The van der Waals surface area contributed by atoms with Crippen molar-refractivity contribution in [2.24, 2.45) is 0 Å². The zero-order valence-electron chi connectivity index (χ0n) is 24.3. The summed E-state index contributed by atoms with van der Waals surface area (Å²) in [6.45, 7) is 4.60. The molecule has 0 bridgehead atoms. The Bertz CT molecular complexity index is 508. The van der Waals surface area contributed by atoms with Crippen LogP contribution in [0.15, 0.2) is 0 Å². The first-order valence-electron chi connectivity index (χ1n) is 15.4. The molecule has 0 saturated carbocycles. The molecule has 0 aromatic rings.